The third-order valence-corrected chi connectivity index (χ3v) is 5.30. The van der Waals surface area contributed by atoms with Gasteiger partial charge in [-0.25, -0.2) is 9.18 Å². The van der Waals surface area contributed by atoms with Crippen molar-refractivity contribution in [1.82, 2.24) is 9.88 Å². The van der Waals surface area contributed by atoms with Gasteiger partial charge in [-0.2, -0.15) is 0 Å². The minimum atomic E-state index is -0.445. The molecule has 0 N–H and O–H groups in total. The zero-order valence-corrected chi connectivity index (χ0v) is 15.1. The number of halogens is 1. The molecule has 0 aromatic carbocycles. The maximum Gasteiger partial charge on any atom is 0.410 e. The van der Waals surface area contributed by atoms with E-state index < -0.39 is 5.60 Å². The molecule has 4 nitrogen and oxygen atoms in total. The molecule has 1 saturated carbocycles. The second-order valence-electron chi connectivity index (χ2n) is 8.38. The quantitative estimate of drug-likeness (QED) is 0.763. The molecule has 0 unspecified atom stereocenters. The van der Waals surface area contributed by atoms with Gasteiger partial charge in [-0.1, -0.05) is 0 Å². The minimum absolute atomic E-state index is 0.205. The smallest absolute Gasteiger partial charge is 0.410 e. The monoisotopic (exact) mass is 334 g/mol. The predicted molar refractivity (Wildman–Crippen MR) is 90.4 cm³/mol. The molecule has 1 aromatic rings. The molecule has 5 heteroatoms. The van der Waals surface area contributed by atoms with Gasteiger partial charge in [0.15, 0.2) is 0 Å². The van der Waals surface area contributed by atoms with Crippen molar-refractivity contribution in [3.05, 3.63) is 29.3 Å². The van der Waals surface area contributed by atoms with E-state index in [1.54, 1.807) is 6.92 Å². The number of carbonyl (C=O) groups is 1. The Bertz CT molecular complexity index is 623. The third-order valence-electron chi connectivity index (χ3n) is 5.30. The van der Waals surface area contributed by atoms with E-state index in [9.17, 15) is 9.18 Å². The maximum atomic E-state index is 13.4. The first-order valence-corrected chi connectivity index (χ1v) is 8.78. The van der Waals surface area contributed by atoms with E-state index in [1.807, 2.05) is 31.7 Å². The van der Waals surface area contributed by atoms with Gasteiger partial charge in [0.05, 0.1) is 5.69 Å². The Kier molecular flexibility index (Phi) is 4.30. The number of aryl methyl sites for hydroxylation is 1. The third kappa shape index (κ3) is 3.55. The second kappa shape index (κ2) is 6.01. The standard InChI is InChI=1S/C19H27FN2O2/c1-13-15(20)5-6-16(21-13)14-11-19(12-14)7-9-22(10-8-19)17(23)24-18(2,3)4/h5-6,14H,7-12H2,1-4H3. The van der Waals surface area contributed by atoms with E-state index in [1.165, 1.54) is 6.07 Å². The van der Waals surface area contributed by atoms with Gasteiger partial charge in [0.25, 0.3) is 0 Å². The summed E-state index contributed by atoms with van der Waals surface area (Å²) in [5, 5.41) is 0. The zero-order valence-electron chi connectivity index (χ0n) is 15.1. The van der Waals surface area contributed by atoms with E-state index in [-0.39, 0.29) is 11.9 Å². The molecular weight excluding hydrogens is 307 g/mol. The average molecular weight is 334 g/mol. The van der Waals surface area contributed by atoms with Crippen molar-refractivity contribution >= 4 is 6.09 Å². The van der Waals surface area contributed by atoms with Gasteiger partial charge in [-0.3, -0.25) is 4.98 Å². The summed E-state index contributed by atoms with van der Waals surface area (Å²) in [6, 6.07) is 3.34. The molecule has 0 radical (unpaired) electrons. The fourth-order valence-corrected chi connectivity index (χ4v) is 3.88. The molecule has 1 saturated heterocycles. The number of ether oxygens (including phenoxy) is 1. The Morgan fingerprint density at radius 2 is 1.92 bits per heavy atom. The summed E-state index contributed by atoms with van der Waals surface area (Å²) < 4.78 is 18.8. The lowest BCUT2D eigenvalue weighted by molar-refractivity contribution is -0.0126. The highest BCUT2D eigenvalue weighted by molar-refractivity contribution is 5.68. The number of aromatic nitrogens is 1. The maximum absolute atomic E-state index is 13.4. The lowest BCUT2D eigenvalue weighted by Gasteiger charge is -2.52. The van der Waals surface area contributed by atoms with Crippen LogP contribution in [0.2, 0.25) is 0 Å². The van der Waals surface area contributed by atoms with Crippen LogP contribution in [0, 0.1) is 18.2 Å². The van der Waals surface area contributed by atoms with Gasteiger partial charge in [0.1, 0.15) is 11.4 Å². The average Bonchev–Trinajstić information content (AvgIpc) is 2.46. The Labute approximate surface area is 143 Å². The van der Waals surface area contributed by atoms with Crippen LogP contribution in [0.5, 0.6) is 0 Å². The molecule has 132 valence electrons. The van der Waals surface area contributed by atoms with Crippen LogP contribution in [0.25, 0.3) is 0 Å². The Balaban J connectivity index is 1.53. The molecule has 1 aliphatic carbocycles. The highest BCUT2D eigenvalue weighted by Crippen LogP contribution is 2.56. The number of rotatable bonds is 1. The van der Waals surface area contributed by atoms with Crippen molar-refractivity contribution in [3.8, 4) is 0 Å². The van der Waals surface area contributed by atoms with E-state index in [0.717, 1.165) is 44.5 Å². The van der Waals surface area contributed by atoms with E-state index >= 15 is 0 Å². The number of hydrogen-bond acceptors (Lipinski definition) is 3. The van der Waals surface area contributed by atoms with Gasteiger partial charge >= 0.3 is 6.09 Å². The van der Waals surface area contributed by atoms with Crippen molar-refractivity contribution in [2.75, 3.05) is 13.1 Å². The van der Waals surface area contributed by atoms with Gasteiger partial charge in [0, 0.05) is 24.7 Å². The second-order valence-corrected chi connectivity index (χ2v) is 8.38. The number of nitrogens with zero attached hydrogens (tertiary/aromatic N) is 2. The molecule has 0 bridgehead atoms. The van der Waals surface area contributed by atoms with Crippen molar-refractivity contribution in [2.24, 2.45) is 5.41 Å². The Hall–Kier alpha value is -1.65. The van der Waals surface area contributed by atoms with Crippen LogP contribution in [0.1, 0.15) is 63.8 Å². The van der Waals surface area contributed by atoms with Crippen LogP contribution >= 0.6 is 0 Å². The lowest BCUT2D eigenvalue weighted by atomic mass is 9.57. The van der Waals surface area contributed by atoms with Gasteiger partial charge in [-0.15, -0.1) is 0 Å². The largest absolute Gasteiger partial charge is 0.444 e. The highest BCUT2D eigenvalue weighted by atomic mass is 19.1. The number of pyridine rings is 1. The molecule has 1 amide bonds. The molecule has 2 fully saturated rings. The van der Waals surface area contributed by atoms with Crippen LogP contribution in [-0.2, 0) is 4.74 Å². The van der Waals surface area contributed by atoms with E-state index in [2.05, 4.69) is 4.98 Å². The topological polar surface area (TPSA) is 42.4 Å². The molecular formula is C19H27FN2O2. The summed E-state index contributed by atoms with van der Waals surface area (Å²) in [5.41, 5.74) is 1.37. The minimum Gasteiger partial charge on any atom is -0.444 e. The normalized spacial score (nSPS) is 20.8. The summed E-state index contributed by atoms with van der Waals surface area (Å²) in [6.45, 7) is 8.92. The summed E-state index contributed by atoms with van der Waals surface area (Å²) in [5.74, 6) is 0.191. The van der Waals surface area contributed by atoms with Gasteiger partial charge in [0.2, 0.25) is 0 Å². The van der Waals surface area contributed by atoms with Crippen molar-refractivity contribution in [2.45, 2.75) is 64.9 Å². The van der Waals surface area contributed by atoms with E-state index in [4.69, 9.17) is 4.74 Å². The fourth-order valence-electron chi connectivity index (χ4n) is 3.88. The summed E-state index contributed by atoms with van der Waals surface area (Å²) in [7, 11) is 0. The first-order chi connectivity index (χ1) is 11.2. The van der Waals surface area contributed by atoms with Gasteiger partial charge in [-0.05, 0) is 70.9 Å². The van der Waals surface area contributed by atoms with Crippen molar-refractivity contribution in [3.63, 3.8) is 0 Å². The molecule has 3 rings (SSSR count). The summed E-state index contributed by atoms with van der Waals surface area (Å²) >= 11 is 0. The predicted octanol–water partition coefficient (Wildman–Crippen LogP) is 4.42. The Morgan fingerprint density at radius 3 is 2.46 bits per heavy atom. The molecule has 2 heterocycles. The fraction of sp³-hybridized carbons (Fsp3) is 0.684. The Morgan fingerprint density at radius 1 is 1.29 bits per heavy atom. The first-order valence-electron chi connectivity index (χ1n) is 8.78. The van der Waals surface area contributed by atoms with Gasteiger partial charge < -0.3 is 9.64 Å². The molecule has 2 aliphatic rings. The zero-order chi connectivity index (χ0) is 17.5. The summed E-state index contributed by atoms with van der Waals surface area (Å²) in [4.78, 5) is 18.4. The van der Waals surface area contributed by atoms with E-state index in [0.29, 0.717) is 17.0 Å². The van der Waals surface area contributed by atoms with Crippen LogP contribution in [0.4, 0.5) is 9.18 Å². The number of hydrogen-bond donors (Lipinski definition) is 0. The number of piperidine rings is 1. The van der Waals surface area contributed by atoms with Crippen molar-refractivity contribution in [1.29, 1.82) is 0 Å². The lowest BCUT2D eigenvalue weighted by Crippen LogP contribution is -2.49. The first kappa shape index (κ1) is 17.2. The van der Waals surface area contributed by atoms with Crippen molar-refractivity contribution < 1.29 is 13.9 Å². The number of carbonyl (C=O) groups excluding carboxylic acids is 1. The highest BCUT2D eigenvalue weighted by Gasteiger charge is 2.47. The SMILES string of the molecule is Cc1nc(C2CC3(CCN(C(=O)OC(C)(C)C)CC3)C2)ccc1F. The molecule has 0 atom stereocenters. The molecule has 1 aliphatic heterocycles. The van der Waals surface area contributed by atoms with Crippen LogP contribution < -0.4 is 0 Å². The molecule has 24 heavy (non-hydrogen) atoms. The molecule has 1 spiro atoms. The summed E-state index contributed by atoms with van der Waals surface area (Å²) in [6.07, 6.45) is 4.01. The number of likely N-dealkylation sites (tertiary alicyclic amines) is 1. The number of amides is 1. The van der Waals surface area contributed by atoms with Crippen LogP contribution in [-0.4, -0.2) is 34.7 Å². The molecule has 1 aromatic heterocycles. The van der Waals surface area contributed by atoms with Crippen LogP contribution in [0.15, 0.2) is 12.1 Å². The van der Waals surface area contributed by atoms with Crippen LogP contribution in [0.3, 0.4) is 0 Å².